The van der Waals surface area contributed by atoms with Crippen molar-refractivity contribution in [1.82, 2.24) is 9.88 Å². The van der Waals surface area contributed by atoms with E-state index in [1.807, 2.05) is 5.38 Å². The SMILES string of the molecule is CCN(CC)CCOCc1ccc(-c2csc(-c3ccc([N+](=O)[O-])cc3)n2)cc1. The normalized spacial score (nSPS) is 11.1. The van der Waals surface area contributed by atoms with Crippen molar-refractivity contribution < 1.29 is 9.66 Å². The van der Waals surface area contributed by atoms with Crippen LogP contribution in [0.4, 0.5) is 5.69 Å². The molecule has 0 saturated heterocycles. The Balaban J connectivity index is 1.58. The van der Waals surface area contributed by atoms with Crippen molar-refractivity contribution in [2.45, 2.75) is 20.5 Å². The Bertz CT molecular complexity index is 919. The number of nitro benzene ring substituents is 1. The molecule has 2 aromatic carbocycles. The fourth-order valence-corrected chi connectivity index (χ4v) is 3.80. The maximum atomic E-state index is 10.8. The fourth-order valence-electron chi connectivity index (χ4n) is 2.96. The standard InChI is InChI=1S/C22H25N3O3S/c1-3-24(4-2)13-14-28-15-17-5-7-18(8-6-17)21-16-29-22(23-21)19-9-11-20(12-10-19)25(26)27/h5-12,16H,3-4,13-15H2,1-2H3. The molecule has 152 valence electrons. The lowest BCUT2D eigenvalue weighted by Crippen LogP contribution is -2.26. The van der Waals surface area contributed by atoms with E-state index in [0.29, 0.717) is 6.61 Å². The zero-order chi connectivity index (χ0) is 20.6. The van der Waals surface area contributed by atoms with Gasteiger partial charge in [-0.1, -0.05) is 38.1 Å². The predicted molar refractivity (Wildman–Crippen MR) is 117 cm³/mol. The Morgan fingerprint density at radius 3 is 2.31 bits per heavy atom. The van der Waals surface area contributed by atoms with Gasteiger partial charge in [-0.15, -0.1) is 11.3 Å². The molecule has 0 unspecified atom stereocenters. The van der Waals surface area contributed by atoms with Gasteiger partial charge in [0.1, 0.15) is 5.01 Å². The molecule has 7 heteroatoms. The first-order chi connectivity index (χ1) is 14.1. The van der Waals surface area contributed by atoms with Gasteiger partial charge in [-0.3, -0.25) is 10.1 Å². The molecule has 1 heterocycles. The molecule has 0 aliphatic rings. The van der Waals surface area contributed by atoms with Crippen LogP contribution in [0.15, 0.2) is 53.9 Å². The molecule has 29 heavy (non-hydrogen) atoms. The van der Waals surface area contributed by atoms with E-state index in [4.69, 9.17) is 4.74 Å². The van der Waals surface area contributed by atoms with Crippen LogP contribution in [-0.2, 0) is 11.3 Å². The van der Waals surface area contributed by atoms with Crippen LogP contribution in [0.1, 0.15) is 19.4 Å². The Morgan fingerprint density at radius 2 is 1.69 bits per heavy atom. The van der Waals surface area contributed by atoms with Crippen molar-refractivity contribution in [3.63, 3.8) is 0 Å². The van der Waals surface area contributed by atoms with Gasteiger partial charge in [0.25, 0.3) is 5.69 Å². The van der Waals surface area contributed by atoms with Crippen LogP contribution < -0.4 is 0 Å². The molecule has 0 N–H and O–H groups in total. The lowest BCUT2D eigenvalue weighted by Gasteiger charge is -2.17. The van der Waals surface area contributed by atoms with Gasteiger partial charge in [0, 0.05) is 35.2 Å². The second-order valence-corrected chi connectivity index (χ2v) is 7.48. The minimum absolute atomic E-state index is 0.0837. The molecule has 0 bridgehead atoms. The third-order valence-electron chi connectivity index (χ3n) is 4.79. The maximum absolute atomic E-state index is 10.8. The highest BCUT2D eigenvalue weighted by Gasteiger charge is 2.09. The van der Waals surface area contributed by atoms with E-state index in [1.54, 1.807) is 12.1 Å². The third kappa shape index (κ3) is 5.69. The lowest BCUT2D eigenvalue weighted by atomic mass is 10.1. The van der Waals surface area contributed by atoms with Crippen molar-refractivity contribution in [3.8, 4) is 21.8 Å². The molecule has 3 aromatic rings. The minimum atomic E-state index is -0.397. The first-order valence-electron chi connectivity index (χ1n) is 9.70. The molecule has 6 nitrogen and oxygen atoms in total. The summed E-state index contributed by atoms with van der Waals surface area (Å²) < 4.78 is 5.78. The number of non-ortho nitro benzene ring substituents is 1. The summed E-state index contributed by atoms with van der Waals surface area (Å²) in [5.74, 6) is 0. The van der Waals surface area contributed by atoms with E-state index in [1.165, 1.54) is 23.5 Å². The van der Waals surface area contributed by atoms with Gasteiger partial charge < -0.3 is 9.64 Å². The van der Waals surface area contributed by atoms with Gasteiger partial charge in [-0.05, 0) is 30.8 Å². The smallest absolute Gasteiger partial charge is 0.269 e. The molecule has 1 aromatic heterocycles. The molecule has 3 rings (SSSR count). The highest BCUT2D eigenvalue weighted by molar-refractivity contribution is 7.13. The number of benzene rings is 2. The van der Waals surface area contributed by atoms with Gasteiger partial charge >= 0.3 is 0 Å². The van der Waals surface area contributed by atoms with Crippen LogP contribution >= 0.6 is 11.3 Å². The number of hydrogen-bond donors (Lipinski definition) is 0. The summed E-state index contributed by atoms with van der Waals surface area (Å²) in [5.41, 5.74) is 4.04. The summed E-state index contributed by atoms with van der Waals surface area (Å²) in [6.45, 7) is 8.70. The van der Waals surface area contributed by atoms with Crippen molar-refractivity contribution in [1.29, 1.82) is 0 Å². The zero-order valence-electron chi connectivity index (χ0n) is 16.7. The number of rotatable bonds is 10. The quantitative estimate of drug-likeness (QED) is 0.259. The number of ether oxygens (including phenoxy) is 1. The molecule has 0 spiro atoms. The van der Waals surface area contributed by atoms with E-state index < -0.39 is 4.92 Å². The maximum Gasteiger partial charge on any atom is 0.269 e. The summed E-state index contributed by atoms with van der Waals surface area (Å²) in [7, 11) is 0. The van der Waals surface area contributed by atoms with E-state index in [-0.39, 0.29) is 5.69 Å². The molecule has 0 radical (unpaired) electrons. The summed E-state index contributed by atoms with van der Waals surface area (Å²) >= 11 is 1.53. The van der Waals surface area contributed by atoms with Crippen LogP contribution in [0.2, 0.25) is 0 Å². The molecule has 0 aliphatic heterocycles. The monoisotopic (exact) mass is 411 g/mol. The Morgan fingerprint density at radius 1 is 1.03 bits per heavy atom. The number of likely N-dealkylation sites (N-methyl/N-ethyl adjacent to an activating group) is 1. The molecule has 0 atom stereocenters. The highest BCUT2D eigenvalue weighted by atomic mass is 32.1. The average Bonchev–Trinajstić information content (AvgIpc) is 3.25. The summed E-state index contributed by atoms with van der Waals surface area (Å²) in [4.78, 5) is 17.4. The zero-order valence-corrected chi connectivity index (χ0v) is 17.5. The molecule has 0 amide bonds. The van der Waals surface area contributed by atoms with Crippen molar-refractivity contribution >= 4 is 17.0 Å². The lowest BCUT2D eigenvalue weighted by molar-refractivity contribution is -0.384. The molecule has 0 saturated carbocycles. The number of thiazole rings is 1. The summed E-state index contributed by atoms with van der Waals surface area (Å²) in [5, 5.41) is 13.6. The number of aromatic nitrogens is 1. The Labute approximate surface area is 174 Å². The van der Waals surface area contributed by atoms with Gasteiger partial charge in [0.15, 0.2) is 0 Å². The average molecular weight is 412 g/mol. The Kier molecular flexibility index (Phi) is 7.46. The predicted octanol–water partition coefficient (Wildman–Crippen LogP) is 5.24. The largest absolute Gasteiger partial charge is 0.375 e. The minimum Gasteiger partial charge on any atom is -0.375 e. The van der Waals surface area contributed by atoms with Gasteiger partial charge in [-0.2, -0.15) is 0 Å². The molecular formula is C22H25N3O3S. The number of nitrogens with zero attached hydrogens (tertiary/aromatic N) is 3. The number of nitro groups is 1. The summed E-state index contributed by atoms with van der Waals surface area (Å²) in [6.07, 6.45) is 0. The van der Waals surface area contributed by atoms with Gasteiger partial charge in [-0.25, -0.2) is 4.98 Å². The van der Waals surface area contributed by atoms with E-state index >= 15 is 0 Å². The topological polar surface area (TPSA) is 68.5 Å². The van der Waals surface area contributed by atoms with Crippen LogP contribution in [0.5, 0.6) is 0 Å². The van der Waals surface area contributed by atoms with E-state index in [0.717, 1.165) is 53.6 Å². The second-order valence-electron chi connectivity index (χ2n) is 6.62. The highest BCUT2D eigenvalue weighted by Crippen LogP contribution is 2.30. The van der Waals surface area contributed by atoms with Crippen LogP contribution in [0.25, 0.3) is 21.8 Å². The van der Waals surface area contributed by atoms with Crippen molar-refractivity contribution in [2.24, 2.45) is 0 Å². The van der Waals surface area contributed by atoms with Crippen LogP contribution in [0.3, 0.4) is 0 Å². The molecular weight excluding hydrogens is 386 g/mol. The van der Waals surface area contributed by atoms with Gasteiger partial charge in [0.05, 0.1) is 23.8 Å². The fraction of sp³-hybridized carbons (Fsp3) is 0.318. The van der Waals surface area contributed by atoms with Crippen LogP contribution in [0, 0.1) is 10.1 Å². The van der Waals surface area contributed by atoms with Crippen LogP contribution in [-0.4, -0.2) is 41.0 Å². The second kappa shape index (κ2) is 10.2. The number of hydrogen-bond acceptors (Lipinski definition) is 6. The van der Waals surface area contributed by atoms with E-state index in [9.17, 15) is 10.1 Å². The first kappa shape index (κ1) is 21.1. The van der Waals surface area contributed by atoms with Crippen molar-refractivity contribution in [2.75, 3.05) is 26.2 Å². The van der Waals surface area contributed by atoms with E-state index in [2.05, 4.69) is 48.0 Å². The molecule has 0 aliphatic carbocycles. The molecule has 0 fully saturated rings. The third-order valence-corrected chi connectivity index (χ3v) is 5.69. The first-order valence-corrected chi connectivity index (χ1v) is 10.6. The Hall–Kier alpha value is -2.61. The van der Waals surface area contributed by atoms with Crippen molar-refractivity contribution in [3.05, 3.63) is 69.6 Å². The summed E-state index contributed by atoms with van der Waals surface area (Å²) in [6, 6.07) is 14.7. The van der Waals surface area contributed by atoms with Gasteiger partial charge in [0.2, 0.25) is 0 Å².